The van der Waals surface area contributed by atoms with E-state index in [0.717, 1.165) is 25.7 Å². The van der Waals surface area contributed by atoms with Gasteiger partial charge in [0.25, 0.3) is 0 Å². The molecule has 10 heteroatoms. The summed E-state index contributed by atoms with van der Waals surface area (Å²) >= 11 is 0. The van der Waals surface area contributed by atoms with Crippen molar-refractivity contribution in [3.63, 3.8) is 0 Å². The predicted molar refractivity (Wildman–Crippen MR) is 226 cm³/mol. The Morgan fingerprint density at radius 3 is 0.852 bits per heavy atom. The zero-order chi connectivity index (χ0) is 42.6. The maximum Gasteiger partial charge on any atom is 0.119 e. The lowest BCUT2D eigenvalue weighted by Gasteiger charge is -2.68. The Morgan fingerprint density at radius 1 is 0.311 bits per heavy atom. The largest absolute Gasteiger partial charge is 0.508 e. The van der Waals surface area contributed by atoms with Crippen LogP contribution in [0.4, 0.5) is 0 Å². The van der Waals surface area contributed by atoms with Crippen LogP contribution in [0.1, 0.15) is 116 Å². The molecule has 61 heavy (non-hydrogen) atoms. The fourth-order valence-corrected chi connectivity index (χ4v) is 16.1. The zero-order valence-corrected chi connectivity index (χ0v) is 34.1. The zero-order valence-electron chi connectivity index (χ0n) is 34.1. The first kappa shape index (κ1) is 38.1. The quantitative estimate of drug-likeness (QED) is 0.0736. The molecular formula is C51H52O10. The molecule has 10 nitrogen and oxygen atoms in total. The van der Waals surface area contributed by atoms with E-state index >= 15 is 0 Å². The van der Waals surface area contributed by atoms with Crippen LogP contribution in [0.3, 0.4) is 0 Å². The Hall–Kier alpha value is -5.90. The van der Waals surface area contributed by atoms with Crippen molar-refractivity contribution in [2.24, 2.45) is 11.8 Å². The van der Waals surface area contributed by atoms with Crippen molar-refractivity contribution in [3.8, 4) is 57.5 Å². The highest BCUT2D eigenvalue weighted by molar-refractivity contribution is 5.60. The van der Waals surface area contributed by atoms with Crippen molar-refractivity contribution >= 4 is 0 Å². The summed E-state index contributed by atoms with van der Waals surface area (Å²) in [5.74, 6) is 0.599. The number of phenolic OH excluding ortho intramolecular Hbond substituents is 10. The lowest BCUT2D eigenvalue weighted by Crippen LogP contribution is -2.62. The standard InChI is InChI=1S/C51H52O10/c1-27-8-43(59)36(12-42(27)58)49-18-29-17-48(22-49,35-11-32(54)4-7-41(35)57)25-51(20-29,26-49)38-14-44(60)37(13-45(38)61)50-19-28-15-46(23-50,33-9-30(52)2-5-39(33)55)21-47(16-28,24-50)34-10-31(53)3-6-40(34)56/h2-14,28-29,52-61H,15-26H2,1H3. The Labute approximate surface area is 353 Å². The van der Waals surface area contributed by atoms with Gasteiger partial charge in [0, 0.05) is 65.9 Å². The van der Waals surface area contributed by atoms with Crippen LogP contribution in [0.2, 0.25) is 0 Å². The summed E-state index contributed by atoms with van der Waals surface area (Å²) in [6.07, 6.45) is 7.35. The average molecular weight is 825 g/mol. The summed E-state index contributed by atoms with van der Waals surface area (Å²) in [4.78, 5) is 0. The van der Waals surface area contributed by atoms with E-state index in [0.29, 0.717) is 90.3 Å². The third-order valence-electron chi connectivity index (χ3n) is 16.9. The van der Waals surface area contributed by atoms with Crippen LogP contribution in [0.25, 0.3) is 0 Å². The van der Waals surface area contributed by atoms with Crippen molar-refractivity contribution in [1.29, 1.82) is 0 Å². The van der Waals surface area contributed by atoms with Crippen LogP contribution in [0.5, 0.6) is 57.5 Å². The molecule has 0 amide bonds. The molecule has 0 saturated heterocycles. The van der Waals surface area contributed by atoms with Gasteiger partial charge in [0.15, 0.2) is 0 Å². The smallest absolute Gasteiger partial charge is 0.119 e. The van der Waals surface area contributed by atoms with Crippen LogP contribution in [-0.4, -0.2) is 51.1 Å². The first-order valence-electron chi connectivity index (χ1n) is 21.6. The summed E-state index contributed by atoms with van der Waals surface area (Å²) in [6, 6.07) is 20.5. The van der Waals surface area contributed by atoms with Gasteiger partial charge in [-0.1, -0.05) is 0 Å². The van der Waals surface area contributed by atoms with E-state index in [-0.39, 0.29) is 69.3 Å². The van der Waals surface area contributed by atoms with E-state index in [1.54, 1.807) is 49.4 Å². The molecule has 6 atom stereocenters. The summed E-state index contributed by atoms with van der Waals surface area (Å²) in [6.45, 7) is 1.74. The number of aromatic hydroxyl groups is 10. The molecule has 13 rings (SSSR count). The van der Waals surface area contributed by atoms with E-state index in [4.69, 9.17) is 0 Å². The van der Waals surface area contributed by atoms with Gasteiger partial charge in [0.2, 0.25) is 0 Å². The van der Waals surface area contributed by atoms with Gasteiger partial charge in [-0.3, -0.25) is 0 Å². The van der Waals surface area contributed by atoms with Gasteiger partial charge in [0.1, 0.15) is 57.5 Å². The summed E-state index contributed by atoms with van der Waals surface area (Å²) in [7, 11) is 0. The molecule has 6 unspecified atom stereocenters. The van der Waals surface area contributed by atoms with Gasteiger partial charge < -0.3 is 51.1 Å². The lowest BCUT2D eigenvalue weighted by molar-refractivity contribution is -0.0535. The summed E-state index contributed by atoms with van der Waals surface area (Å²) in [5, 5.41) is 114. The third-order valence-corrected chi connectivity index (χ3v) is 16.9. The second kappa shape index (κ2) is 12.1. The molecule has 8 saturated carbocycles. The molecular weight excluding hydrogens is 773 g/mol. The number of rotatable bonds is 6. The van der Waals surface area contributed by atoms with E-state index < -0.39 is 32.5 Å². The molecule has 8 aliphatic rings. The monoisotopic (exact) mass is 824 g/mol. The minimum Gasteiger partial charge on any atom is -0.508 e. The van der Waals surface area contributed by atoms with E-state index in [1.807, 2.05) is 0 Å². The van der Waals surface area contributed by atoms with Crippen molar-refractivity contribution in [2.75, 3.05) is 0 Å². The van der Waals surface area contributed by atoms with Crippen LogP contribution >= 0.6 is 0 Å². The first-order chi connectivity index (χ1) is 28.9. The molecule has 0 spiro atoms. The van der Waals surface area contributed by atoms with Gasteiger partial charge in [-0.25, -0.2) is 0 Å². The van der Waals surface area contributed by atoms with Crippen molar-refractivity contribution in [2.45, 2.75) is 116 Å². The maximum absolute atomic E-state index is 12.6. The minimum absolute atomic E-state index is 0.0233. The molecule has 0 aromatic heterocycles. The van der Waals surface area contributed by atoms with E-state index in [9.17, 15) is 51.1 Å². The third kappa shape index (κ3) is 5.26. The van der Waals surface area contributed by atoms with Crippen LogP contribution in [0, 0.1) is 18.8 Å². The fourth-order valence-electron chi connectivity index (χ4n) is 16.1. The Balaban J connectivity index is 1.08. The number of aryl methyl sites for hydroxylation is 1. The molecule has 5 aromatic rings. The molecule has 8 fully saturated rings. The van der Waals surface area contributed by atoms with Crippen molar-refractivity contribution in [1.82, 2.24) is 0 Å². The fraction of sp³-hybridized carbons (Fsp3) is 0.412. The van der Waals surface area contributed by atoms with E-state index in [2.05, 4.69) is 0 Å². The molecule has 10 N–H and O–H groups in total. The number of phenols is 10. The van der Waals surface area contributed by atoms with Crippen LogP contribution < -0.4 is 0 Å². The molecule has 0 heterocycles. The van der Waals surface area contributed by atoms with Gasteiger partial charge in [-0.05, 0) is 180 Å². The normalized spacial score (nSPS) is 34.2. The molecule has 0 radical (unpaired) electrons. The molecule has 316 valence electrons. The topological polar surface area (TPSA) is 202 Å². The number of benzene rings is 5. The molecule has 0 aliphatic heterocycles. The number of hydrogen-bond donors (Lipinski definition) is 10. The minimum atomic E-state index is -0.741. The summed E-state index contributed by atoms with van der Waals surface area (Å²) in [5.41, 5.74) is -0.0595. The maximum atomic E-state index is 12.6. The van der Waals surface area contributed by atoms with Crippen LogP contribution in [0.15, 0.2) is 78.9 Å². The Kier molecular flexibility index (Phi) is 7.57. The van der Waals surface area contributed by atoms with E-state index in [1.165, 1.54) is 36.4 Å². The van der Waals surface area contributed by atoms with Gasteiger partial charge in [0.05, 0.1) is 0 Å². The molecule has 5 aromatic carbocycles. The SMILES string of the molecule is Cc1cc(O)c(C23CC4CC(c5cc(O)ccc5O)(C2)CC(c2cc(O)c(C56CC7CC(c8cc(O)ccc8O)(CC(c8cc(O)ccc8O)(C7)C5)C6)cc2O)(C4)C3)cc1O. The average Bonchev–Trinajstić information content (AvgIpc) is 3.18. The highest BCUT2D eigenvalue weighted by Gasteiger charge is 2.68. The van der Waals surface area contributed by atoms with Crippen molar-refractivity contribution < 1.29 is 51.1 Å². The first-order valence-corrected chi connectivity index (χ1v) is 21.6. The summed E-state index contributed by atoms with van der Waals surface area (Å²) < 4.78 is 0. The molecule has 8 aliphatic carbocycles. The predicted octanol–water partition coefficient (Wildman–Crippen LogP) is 9.27. The molecule has 8 bridgehead atoms. The Morgan fingerprint density at radius 2 is 0.557 bits per heavy atom. The Bertz CT molecular complexity index is 2640. The lowest BCUT2D eigenvalue weighted by atomic mass is 9.36. The van der Waals surface area contributed by atoms with Gasteiger partial charge in [-0.15, -0.1) is 0 Å². The van der Waals surface area contributed by atoms with Crippen molar-refractivity contribution in [3.05, 3.63) is 118 Å². The highest BCUT2D eigenvalue weighted by atomic mass is 16.3. The second-order valence-corrected chi connectivity index (χ2v) is 20.8. The highest BCUT2D eigenvalue weighted by Crippen LogP contribution is 2.75. The number of hydrogen-bond acceptors (Lipinski definition) is 10. The van der Waals surface area contributed by atoms with Gasteiger partial charge >= 0.3 is 0 Å². The van der Waals surface area contributed by atoms with Crippen LogP contribution in [-0.2, 0) is 32.5 Å². The van der Waals surface area contributed by atoms with Gasteiger partial charge in [-0.2, -0.15) is 0 Å². The second-order valence-electron chi connectivity index (χ2n) is 20.8.